The number of halogens is 1. The number of nitrogens with one attached hydrogen (secondary N) is 1. The van der Waals surface area contributed by atoms with Crippen LogP contribution in [0.5, 0.6) is 0 Å². The number of para-hydroxylation sites is 1. The minimum Gasteiger partial charge on any atom is -0.451 e. The Hall–Kier alpha value is -2.01. The monoisotopic (exact) mass is 288 g/mol. The van der Waals surface area contributed by atoms with E-state index in [0.29, 0.717) is 10.4 Å². The minimum atomic E-state index is -0.366. The molecule has 0 spiro atoms. The summed E-state index contributed by atoms with van der Waals surface area (Å²) in [5.41, 5.74) is 0.986. The Morgan fingerprint density at radius 1 is 1.35 bits per heavy atom. The van der Waals surface area contributed by atoms with Crippen LogP contribution in [0.4, 0.5) is 4.39 Å². The summed E-state index contributed by atoms with van der Waals surface area (Å²) in [5, 5.41) is 0.730. The molecular formula is C15H13FN2OS. The highest BCUT2D eigenvalue weighted by Crippen LogP contribution is 2.28. The molecule has 0 saturated heterocycles. The van der Waals surface area contributed by atoms with E-state index in [1.54, 1.807) is 18.2 Å². The van der Waals surface area contributed by atoms with Crippen LogP contribution in [0.3, 0.4) is 0 Å². The molecule has 0 aliphatic carbocycles. The third kappa shape index (κ3) is 2.36. The maximum Gasteiger partial charge on any atom is 0.170 e. The fraction of sp³-hybridized carbons (Fsp3) is 0.200. The molecule has 5 heteroatoms. The van der Waals surface area contributed by atoms with Crippen molar-refractivity contribution < 1.29 is 8.81 Å². The summed E-state index contributed by atoms with van der Waals surface area (Å²) >= 11 is 5.16. The molecule has 102 valence electrons. The van der Waals surface area contributed by atoms with Crippen molar-refractivity contribution in [3.05, 3.63) is 46.6 Å². The molecule has 1 aromatic carbocycles. The number of hydrogen-bond donors (Lipinski definition) is 1. The van der Waals surface area contributed by atoms with E-state index in [4.69, 9.17) is 16.6 Å². The lowest BCUT2D eigenvalue weighted by Gasteiger charge is -2.02. The fourth-order valence-corrected chi connectivity index (χ4v) is 2.38. The first-order valence-electron chi connectivity index (χ1n) is 6.46. The smallest absolute Gasteiger partial charge is 0.170 e. The lowest BCUT2D eigenvalue weighted by Crippen LogP contribution is -1.96. The average Bonchev–Trinajstić information content (AvgIpc) is 2.84. The quantitative estimate of drug-likeness (QED) is 0.714. The van der Waals surface area contributed by atoms with E-state index in [9.17, 15) is 4.39 Å². The highest BCUT2D eigenvalue weighted by Gasteiger charge is 2.11. The third-order valence-corrected chi connectivity index (χ3v) is 3.25. The summed E-state index contributed by atoms with van der Waals surface area (Å²) in [4.78, 5) is 7.45. The number of benzene rings is 1. The Morgan fingerprint density at radius 3 is 2.95 bits per heavy atom. The lowest BCUT2D eigenvalue weighted by atomic mass is 10.2. The van der Waals surface area contributed by atoms with Gasteiger partial charge in [-0.3, -0.25) is 0 Å². The zero-order valence-corrected chi connectivity index (χ0v) is 11.8. The molecule has 0 aliphatic heterocycles. The van der Waals surface area contributed by atoms with E-state index in [0.717, 1.165) is 29.7 Å². The SMILES string of the molecule is CCCc1nc(=S)cc(-c2cc3cccc(F)c3o2)[nH]1. The van der Waals surface area contributed by atoms with Gasteiger partial charge in [-0.05, 0) is 18.6 Å². The van der Waals surface area contributed by atoms with Crippen LogP contribution in [-0.2, 0) is 6.42 Å². The second-order valence-corrected chi connectivity index (χ2v) is 5.02. The molecule has 3 rings (SSSR count). The Labute approximate surface area is 120 Å². The maximum absolute atomic E-state index is 13.7. The molecule has 0 amide bonds. The van der Waals surface area contributed by atoms with Crippen molar-refractivity contribution in [1.82, 2.24) is 9.97 Å². The second kappa shape index (κ2) is 5.17. The van der Waals surface area contributed by atoms with Crippen molar-refractivity contribution in [1.29, 1.82) is 0 Å². The predicted molar refractivity (Wildman–Crippen MR) is 78.6 cm³/mol. The molecule has 2 heterocycles. The molecule has 0 atom stereocenters. The maximum atomic E-state index is 13.7. The van der Waals surface area contributed by atoms with Gasteiger partial charge in [0.1, 0.15) is 10.5 Å². The molecule has 0 aliphatic rings. The first kappa shape index (κ1) is 13.0. The molecule has 0 radical (unpaired) electrons. The highest BCUT2D eigenvalue weighted by molar-refractivity contribution is 7.71. The number of aromatic amines is 1. The molecule has 0 unspecified atom stereocenters. The van der Waals surface area contributed by atoms with Crippen molar-refractivity contribution in [2.45, 2.75) is 19.8 Å². The van der Waals surface area contributed by atoms with E-state index >= 15 is 0 Å². The molecule has 3 nitrogen and oxygen atoms in total. The number of furan rings is 1. The Morgan fingerprint density at radius 2 is 2.20 bits per heavy atom. The van der Waals surface area contributed by atoms with Gasteiger partial charge in [0.05, 0.1) is 5.69 Å². The van der Waals surface area contributed by atoms with Gasteiger partial charge in [-0.2, -0.15) is 0 Å². The summed E-state index contributed by atoms with van der Waals surface area (Å²) in [7, 11) is 0. The molecule has 20 heavy (non-hydrogen) atoms. The van der Waals surface area contributed by atoms with E-state index in [1.807, 2.05) is 6.07 Å². The molecular weight excluding hydrogens is 275 g/mol. The van der Waals surface area contributed by atoms with Gasteiger partial charge >= 0.3 is 0 Å². The molecule has 2 aromatic heterocycles. The van der Waals surface area contributed by atoms with Gasteiger partial charge in [0.2, 0.25) is 0 Å². The van der Waals surface area contributed by atoms with Crippen LogP contribution in [0, 0.1) is 10.5 Å². The minimum absolute atomic E-state index is 0.260. The van der Waals surface area contributed by atoms with E-state index in [-0.39, 0.29) is 11.4 Å². The van der Waals surface area contributed by atoms with Gasteiger partial charge in [0.25, 0.3) is 0 Å². The molecule has 3 aromatic rings. The molecule has 0 bridgehead atoms. The summed E-state index contributed by atoms with van der Waals surface area (Å²) < 4.78 is 19.8. The number of aryl methyl sites for hydroxylation is 1. The summed E-state index contributed by atoms with van der Waals surface area (Å²) in [5.74, 6) is 1.02. The van der Waals surface area contributed by atoms with Crippen molar-refractivity contribution >= 4 is 23.2 Å². The van der Waals surface area contributed by atoms with Gasteiger partial charge in [-0.1, -0.05) is 31.3 Å². The number of rotatable bonds is 3. The van der Waals surface area contributed by atoms with Gasteiger partial charge in [-0.25, -0.2) is 9.37 Å². The van der Waals surface area contributed by atoms with Crippen LogP contribution in [0.2, 0.25) is 0 Å². The molecule has 0 saturated carbocycles. The first-order valence-corrected chi connectivity index (χ1v) is 6.87. The zero-order valence-electron chi connectivity index (χ0n) is 10.9. The summed E-state index contributed by atoms with van der Waals surface area (Å²) in [6.45, 7) is 2.07. The normalized spacial score (nSPS) is 11.1. The van der Waals surface area contributed by atoms with Gasteiger partial charge in [0, 0.05) is 17.9 Å². The number of nitrogens with zero attached hydrogens (tertiary/aromatic N) is 1. The largest absolute Gasteiger partial charge is 0.451 e. The van der Waals surface area contributed by atoms with Crippen LogP contribution in [-0.4, -0.2) is 9.97 Å². The Balaban J connectivity index is 2.15. The topological polar surface area (TPSA) is 41.8 Å². The van der Waals surface area contributed by atoms with Crippen molar-refractivity contribution in [2.75, 3.05) is 0 Å². The number of aromatic nitrogens is 2. The second-order valence-electron chi connectivity index (χ2n) is 4.60. The standard InChI is InChI=1S/C15H13FN2OS/c1-2-4-13-17-11(8-14(20)18-13)12-7-9-5-3-6-10(16)15(9)19-12/h3,5-8H,2,4H2,1H3,(H,17,18,20). The Bertz CT molecular complexity index is 822. The van der Waals surface area contributed by atoms with Crippen LogP contribution in [0.1, 0.15) is 19.2 Å². The fourth-order valence-electron chi connectivity index (χ4n) is 2.16. The van der Waals surface area contributed by atoms with Crippen molar-refractivity contribution in [3.8, 4) is 11.5 Å². The van der Waals surface area contributed by atoms with Crippen LogP contribution in [0.15, 0.2) is 34.7 Å². The van der Waals surface area contributed by atoms with Crippen molar-refractivity contribution in [3.63, 3.8) is 0 Å². The Kier molecular flexibility index (Phi) is 3.36. The molecule has 0 fully saturated rings. The molecule has 1 N–H and O–H groups in total. The van der Waals surface area contributed by atoms with E-state index in [1.165, 1.54) is 6.07 Å². The summed E-state index contributed by atoms with van der Waals surface area (Å²) in [6.07, 6.45) is 1.78. The van der Waals surface area contributed by atoms with Gasteiger partial charge in [0.15, 0.2) is 17.2 Å². The number of hydrogen-bond acceptors (Lipinski definition) is 3. The third-order valence-electron chi connectivity index (χ3n) is 3.04. The highest BCUT2D eigenvalue weighted by atomic mass is 32.1. The zero-order chi connectivity index (χ0) is 14.1. The number of H-pyrrole nitrogens is 1. The van der Waals surface area contributed by atoms with E-state index < -0.39 is 0 Å². The number of fused-ring (bicyclic) bond motifs is 1. The average molecular weight is 288 g/mol. The predicted octanol–water partition coefficient (Wildman–Crippen LogP) is 4.64. The van der Waals surface area contributed by atoms with Crippen LogP contribution < -0.4 is 0 Å². The first-order chi connectivity index (χ1) is 9.67. The van der Waals surface area contributed by atoms with Gasteiger partial charge in [-0.15, -0.1) is 0 Å². The van der Waals surface area contributed by atoms with Gasteiger partial charge < -0.3 is 9.40 Å². The van der Waals surface area contributed by atoms with Crippen molar-refractivity contribution in [2.24, 2.45) is 0 Å². The van der Waals surface area contributed by atoms with Crippen LogP contribution >= 0.6 is 12.2 Å². The van der Waals surface area contributed by atoms with E-state index in [2.05, 4.69) is 16.9 Å². The van der Waals surface area contributed by atoms with Crippen LogP contribution in [0.25, 0.3) is 22.4 Å². The summed E-state index contributed by atoms with van der Waals surface area (Å²) in [6, 6.07) is 8.38. The lowest BCUT2D eigenvalue weighted by molar-refractivity contribution is 0.567.